The molecule has 2 aromatic rings. The highest BCUT2D eigenvalue weighted by Crippen LogP contribution is 2.26. The van der Waals surface area contributed by atoms with E-state index in [0.29, 0.717) is 6.10 Å². The van der Waals surface area contributed by atoms with Crippen LogP contribution in [0.4, 0.5) is 0 Å². The lowest BCUT2D eigenvalue weighted by atomic mass is 10.0. The van der Waals surface area contributed by atoms with Crippen molar-refractivity contribution in [2.24, 2.45) is 0 Å². The average Bonchev–Trinajstić information content (AvgIpc) is 2.85. The van der Waals surface area contributed by atoms with Crippen molar-refractivity contribution in [1.82, 2.24) is 10.2 Å². The summed E-state index contributed by atoms with van der Waals surface area (Å²) in [6.07, 6.45) is 4.98. The summed E-state index contributed by atoms with van der Waals surface area (Å²) in [5.41, 5.74) is 4.34. The van der Waals surface area contributed by atoms with Gasteiger partial charge in [-0.2, -0.15) is 0 Å². The normalized spacial score (nSPS) is 19.2. The molecule has 0 saturated carbocycles. The first-order valence-electron chi connectivity index (χ1n) is 9.62. The zero-order chi connectivity index (χ0) is 16.9. The molecule has 2 heterocycles. The first-order valence-corrected chi connectivity index (χ1v) is 9.62. The molecule has 0 unspecified atom stereocenters. The first-order chi connectivity index (χ1) is 12.4. The quantitative estimate of drug-likeness (QED) is 0.920. The van der Waals surface area contributed by atoms with Crippen molar-refractivity contribution >= 4 is 0 Å². The Morgan fingerprint density at radius 3 is 2.68 bits per heavy atom. The third-order valence-corrected chi connectivity index (χ3v) is 5.33. The smallest absolute Gasteiger partial charge is 0.120 e. The van der Waals surface area contributed by atoms with Gasteiger partial charge in [-0.05, 0) is 74.1 Å². The Kier molecular flexibility index (Phi) is 5.34. The summed E-state index contributed by atoms with van der Waals surface area (Å²) in [5.74, 6) is 1.06. The lowest BCUT2D eigenvalue weighted by Gasteiger charge is -2.24. The van der Waals surface area contributed by atoms with Crippen molar-refractivity contribution in [2.45, 2.75) is 44.9 Å². The molecule has 25 heavy (non-hydrogen) atoms. The number of nitrogens with one attached hydrogen (secondary N) is 1. The second-order valence-corrected chi connectivity index (χ2v) is 7.30. The van der Waals surface area contributed by atoms with Crippen LogP contribution in [-0.2, 0) is 19.5 Å². The maximum atomic E-state index is 6.23. The molecule has 0 spiro atoms. The van der Waals surface area contributed by atoms with Crippen molar-refractivity contribution in [3.05, 3.63) is 65.2 Å². The standard InChI is InChI=1S/C22H28N2O/c1-2-5-18(6-3-1)16-24-14-4-7-19-15-22(9-8-20(19)17-24)25-21-10-12-23-13-11-21/h1-3,5-6,8-9,15,21,23H,4,7,10-14,16-17H2. The van der Waals surface area contributed by atoms with Gasteiger partial charge < -0.3 is 10.1 Å². The first kappa shape index (κ1) is 16.6. The van der Waals surface area contributed by atoms with E-state index in [1.54, 1.807) is 0 Å². The molecule has 4 rings (SSSR count). The number of hydrogen-bond donors (Lipinski definition) is 1. The fourth-order valence-electron chi connectivity index (χ4n) is 3.96. The number of fused-ring (bicyclic) bond motifs is 1. The molecule has 1 N–H and O–H groups in total. The summed E-state index contributed by atoms with van der Waals surface area (Å²) in [6, 6.07) is 17.6. The number of aryl methyl sites for hydroxylation is 1. The van der Waals surface area contributed by atoms with Gasteiger partial charge in [-0.15, -0.1) is 0 Å². The molecule has 3 heteroatoms. The van der Waals surface area contributed by atoms with Gasteiger partial charge in [-0.25, -0.2) is 0 Å². The highest BCUT2D eigenvalue weighted by Gasteiger charge is 2.18. The van der Waals surface area contributed by atoms with E-state index in [2.05, 4.69) is 58.7 Å². The van der Waals surface area contributed by atoms with Crippen molar-refractivity contribution in [3.8, 4) is 5.75 Å². The minimum atomic E-state index is 0.375. The summed E-state index contributed by atoms with van der Waals surface area (Å²) in [5, 5.41) is 3.40. The van der Waals surface area contributed by atoms with E-state index < -0.39 is 0 Å². The van der Waals surface area contributed by atoms with E-state index in [1.807, 2.05) is 0 Å². The van der Waals surface area contributed by atoms with E-state index >= 15 is 0 Å². The van der Waals surface area contributed by atoms with Crippen molar-refractivity contribution < 1.29 is 4.74 Å². The van der Waals surface area contributed by atoms with Crippen LogP contribution in [0.15, 0.2) is 48.5 Å². The van der Waals surface area contributed by atoms with Crippen LogP contribution in [0.2, 0.25) is 0 Å². The Hall–Kier alpha value is -1.84. The monoisotopic (exact) mass is 336 g/mol. The Morgan fingerprint density at radius 2 is 1.84 bits per heavy atom. The molecule has 0 bridgehead atoms. The van der Waals surface area contributed by atoms with E-state index in [1.165, 1.54) is 23.1 Å². The molecule has 0 amide bonds. The van der Waals surface area contributed by atoms with Gasteiger partial charge >= 0.3 is 0 Å². The number of hydrogen-bond acceptors (Lipinski definition) is 3. The van der Waals surface area contributed by atoms with Gasteiger partial charge in [0, 0.05) is 13.1 Å². The second-order valence-electron chi connectivity index (χ2n) is 7.30. The van der Waals surface area contributed by atoms with Crippen molar-refractivity contribution in [1.29, 1.82) is 0 Å². The van der Waals surface area contributed by atoms with Crippen LogP contribution in [0.1, 0.15) is 36.0 Å². The topological polar surface area (TPSA) is 24.5 Å². The predicted molar refractivity (Wildman–Crippen MR) is 102 cm³/mol. The lowest BCUT2D eigenvalue weighted by molar-refractivity contribution is 0.162. The summed E-state index contributed by atoms with van der Waals surface area (Å²) >= 11 is 0. The van der Waals surface area contributed by atoms with Crippen LogP contribution in [0.3, 0.4) is 0 Å². The van der Waals surface area contributed by atoms with Crippen LogP contribution >= 0.6 is 0 Å². The molecule has 2 aliphatic heterocycles. The Labute approximate surface area is 151 Å². The molecule has 0 aliphatic carbocycles. The van der Waals surface area contributed by atoms with Crippen molar-refractivity contribution in [2.75, 3.05) is 19.6 Å². The van der Waals surface area contributed by atoms with E-state index in [-0.39, 0.29) is 0 Å². The van der Waals surface area contributed by atoms with Crippen LogP contribution in [0.5, 0.6) is 5.75 Å². The summed E-state index contributed by atoms with van der Waals surface area (Å²) < 4.78 is 6.23. The summed E-state index contributed by atoms with van der Waals surface area (Å²) in [7, 11) is 0. The van der Waals surface area contributed by atoms with E-state index in [9.17, 15) is 0 Å². The number of nitrogens with zero attached hydrogens (tertiary/aromatic N) is 1. The third-order valence-electron chi connectivity index (χ3n) is 5.33. The fraction of sp³-hybridized carbons (Fsp3) is 0.455. The Bertz CT molecular complexity index is 680. The lowest BCUT2D eigenvalue weighted by Crippen LogP contribution is -2.34. The Balaban J connectivity index is 1.43. The predicted octanol–water partition coefficient (Wildman–Crippen LogP) is 3.77. The zero-order valence-corrected chi connectivity index (χ0v) is 14.9. The van der Waals surface area contributed by atoms with E-state index in [4.69, 9.17) is 4.74 Å². The molecule has 0 atom stereocenters. The molecule has 0 radical (unpaired) electrons. The van der Waals surface area contributed by atoms with Gasteiger partial charge in [0.05, 0.1) is 0 Å². The molecule has 1 saturated heterocycles. The van der Waals surface area contributed by atoms with Gasteiger partial charge in [0.15, 0.2) is 0 Å². The summed E-state index contributed by atoms with van der Waals surface area (Å²) in [6.45, 7) is 5.38. The Morgan fingerprint density at radius 1 is 1.00 bits per heavy atom. The minimum Gasteiger partial charge on any atom is -0.490 e. The SMILES string of the molecule is c1ccc(CN2CCCc3cc(OC4CCNCC4)ccc3C2)cc1. The number of rotatable bonds is 4. The molecule has 2 aromatic carbocycles. The number of piperidine rings is 1. The van der Waals surface area contributed by atoms with Gasteiger partial charge in [-0.3, -0.25) is 4.90 Å². The summed E-state index contributed by atoms with van der Waals surface area (Å²) in [4.78, 5) is 2.56. The maximum absolute atomic E-state index is 6.23. The molecular weight excluding hydrogens is 308 g/mol. The molecule has 0 aromatic heterocycles. The number of benzene rings is 2. The largest absolute Gasteiger partial charge is 0.490 e. The van der Waals surface area contributed by atoms with Gasteiger partial charge in [0.25, 0.3) is 0 Å². The molecule has 2 aliphatic rings. The molecule has 3 nitrogen and oxygen atoms in total. The minimum absolute atomic E-state index is 0.375. The highest BCUT2D eigenvalue weighted by molar-refractivity contribution is 5.36. The van der Waals surface area contributed by atoms with Gasteiger partial charge in [0.2, 0.25) is 0 Å². The van der Waals surface area contributed by atoms with Crippen LogP contribution in [0, 0.1) is 0 Å². The van der Waals surface area contributed by atoms with Crippen molar-refractivity contribution in [3.63, 3.8) is 0 Å². The maximum Gasteiger partial charge on any atom is 0.120 e. The van der Waals surface area contributed by atoms with Crippen LogP contribution in [-0.4, -0.2) is 30.6 Å². The zero-order valence-electron chi connectivity index (χ0n) is 14.9. The van der Waals surface area contributed by atoms with E-state index in [0.717, 1.165) is 57.7 Å². The van der Waals surface area contributed by atoms with Gasteiger partial charge in [-0.1, -0.05) is 36.4 Å². The average molecular weight is 336 g/mol. The number of ether oxygens (including phenoxy) is 1. The molecule has 1 fully saturated rings. The fourth-order valence-corrected chi connectivity index (χ4v) is 3.96. The van der Waals surface area contributed by atoms with Crippen LogP contribution in [0.25, 0.3) is 0 Å². The third kappa shape index (κ3) is 4.42. The highest BCUT2D eigenvalue weighted by atomic mass is 16.5. The van der Waals surface area contributed by atoms with Crippen LogP contribution < -0.4 is 10.1 Å². The second kappa shape index (κ2) is 8.03. The molecule has 132 valence electrons. The molecular formula is C22H28N2O. The van der Waals surface area contributed by atoms with Gasteiger partial charge in [0.1, 0.15) is 11.9 Å².